The predicted molar refractivity (Wildman–Crippen MR) is 104 cm³/mol. The highest BCUT2D eigenvalue weighted by atomic mass is 32.2. The van der Waals surface area contributed by atoms with Gasteiger partial charge in [0.05, 0.1) is 10.5 Å². The smallest absolute Gasteiger partial charge is 0.338 e. The summed E-state index contributed by atoms with van der Waals surface area (Å²) in [6.45, 7) is 2.52. The zero-order chi connectivity index (χ0) is 20.1. The summed E-state index contributed by atoms with van der Waals surface area (Å²) in [7, 11) is -3.61. The number of hydrogen-bond acceptors (Lipinski definition) is 5. The number of amides is 1. The Kier molecular flexibility index (Phi) is 6.72. The molecule has 1 aliphatic carbocycles. The van der Waals surface area contributed by atoms with Gasteiger partial charge in [-0.05, 0) is 50.8 Å². The van der Waals surface area contributed by atoms with Gasteiger partial charge in [-0.2, -0.15) is 4.31 Å². The van der Waals surface area contributed by atoms with E-state index < -0.39 is 22.1 Å². The third-order valence-corrected chi connectivity index (χ3v) is 7.27. The lowest BCUT2D eigenvalue weighted by Gasteiger charge is -2.24. The number of rotatable bonds is 6. The number of hydrogen-bond donors (Lipinski definition) is 1. The number of nitrogens with zero attached hydrogens (tertiary/aromatic N) is 1. The van der Waals surface area contributed by atoms with Crippen LogP contribution in [-0.2, 0) is 19.6 Å². The molecule has 0 aromatic heterocycles. The molecular weight excluding hydrogens is 380 g/mol. The fraction of sp³-hybridized carbons (Fsp3) is 0.600. The van der Waals surface area contributed by atoms with Crippen LogP contribution in [0.2, 0.25) is 0 Å². The maximum atomic E-state index is 12.7. The van der Waals surface area contributed by atoms with Crippen LogP contribution in [0.1, 0.15) is 62.2 Å². The van der Waals surface area contributed by atoms with Gasteiger partial charge in [-0.25, -0.2) is 13.2 Å². The highest BCUT2D eigenvalue weighted by molar-refractivity contribution is 7.89. The first-order valence-electron chi connectivity index (χ1n) is 9.99. The Balaban J connectivity index is 1.63. The van der Waals surface area contributed by atoms with Crippen LogP contribution in [-0.4, -0.2) is 49.8 Å². The van der Waals surface area contributed by atoms with Crippen LogP contribution in [0, 0.1) is 0 Å². The standard InChI is InChI=1S/C20H28N2O5S/c1-15(19(23)21-17-9-3-2-4-10-17)27-20(24)16-8-7-11-18(14-16)28(25,26)22-12-5-6-13-22/h7-8,11,14-15,17H,2-6,9-10,12-13H2,1H3,(H,21,23). The average molecular weight is 409 g/mol. The summed E-state index contributed by atoms with van der Waals surface area (Å²) in [6, 6.07) is 5.95. The van der Waals surface area contributed by atoms with Crippen molar-refractivity contribution in [1.29, 1.82) is 0 Å². The van der Waals surface area contributed by atoms with Gasteiger partial charge >= 0.3 is 5.97 Å². The van der Waals surface area contributed by atoms with E-state index >= 15 is 0 Å². The number of nitrogens with one attached hydrogen (secondary N) is 1. The molecule has 8 heteroatoms. The Morgan fingerprint density at radius 3 is 2.46 bits per heavy atom. The van der Waals surface area contributed by atoms with Crippen LogP contribution in [0.25, 0.3) is 0 Å². The van der Waals surface area contributed by atoms with E-state index in [0.29, 0.717) is 13.1 Å². The Morgan fingerprint density at radius 2 is 1.79 bits per heavy atom. The minimum atomic E-state index is -3.61. The van der Waals surface area contributed by atoms with Crippen LogP contribution in [0.5, 0.6) is 0 Å². The largest absolute Gasteiger partial charge is 0.449 e. The van der Waals surface area contributed by atoms with E-state index in [1.807, 2.05) is 0 Å². The summed E-state index contributed by atoms with van der Waals surface area (Å²) in [5.74, 6) is -1.02. The zero-order valence-electron chi connectivity index (χ0n) is 16.2. The lowest BCUT2D eigenvalue weighted by molar-refractivity contribution is -0.130. The Labute approximate surface area is 166 Å². The molecule has 0 radical (unpaired) electrons. The molecule has 1 N–H and O–H groups in total. The second-order valence-corrected chi connectivity index (χ2v) is 9.47. The van der Waals surface area contributed by atoms with Gasteiger partial charge in [-0.15, -0.1) is 0 Å². The van der Waals surface area contributed by atoms with Crippen molar-refractivity contribution in [3.63, 3.8) is 0 Å². The summed E-state index contributed by atoms with van der Waals surface area (Å²) in [6.07, 6.45) is 6.02. The van der Waals surface area contributed by atoms with Crippen LogP contribution < -0.4 is 5.32 Å². The first-order chi connectivity index (χ1) is 13.4. The predicted octanol–water partition coefficient (Wildman–Crippen LogP) is 2.47. The van der Waals surface area contributed by atoms with Gasteiger partial charge in [0.15, 0.2) is 6.10 Å². The fourth-order valence-corrected chi connectivity index (χ4v) is 5.27. The topological polar surface area (TPSA) is 92.8 Å². The normalized spacial score (nSPS) is 19.9. The van der Waals surface area contributed by atoms with Crippen molar-refractivity contribution in [2.75, 3.05) is 13.1 Å². The quantitative estimate of drug-likeness (QED) is 0.730. The lowest BCUT2D eigenvalue weighted by Crippen LogP contribution is -2.42. The summed E-state index contributed by atoms with van der Waals surface area (Å²) in [5.41, 5.74) is 0.123. The molecule has 7 nitrogen and oxygen atoms in total. The molecule has 1 heterocycles. The molecule has 1 atom stereocenters. The van der Waals surface area contributed by atoms with Gasteiger partial charge in [0.2, 0.25) is 10.0 Å². The monoisotopic (exact) mass is 408 g/mol. The third kappa shape index (κ3) is 4.91. The first-order valence-corrected chi connectivity index (χ1v) is 11.4. The van der Waals surface area contributed by atoms with Crippen LogP contribution in [0.4, 0.5) is 0 Å². The van der Waals surface area contributed by atoms with Gasteiger partial charge < -0.3 is 10.1 Å². The highest BCUT2D eigenvalue weighted by Gasteiger charge is 2.28. The van der Waals surface area contributed by atoms with Gasteiger partial charge in [0.1, 0.15) is 0 Å². The minimum absolute atomic E-state index is 0.0724. The van der Waals surface area contributed by atoms with Crippen molar-refractivity contribution >= 4 is 21.9 Å². The van der Waals surface area contributed by atoms with E-state index in [1.54, 1.807) is 0 Å². The molecule has 1 aromatic carbocycles. The second-order valence-electron chi connectivity index (χ2n) is 7.53. The molecule has 0 bridgehead atoms. The van der Waals surface area contributed by atoms with Crippen molar-refractivity contribution in [2.24, 2.45) is 0 Å². The number of carbonyl (C=O) groups excluding carboxylic acids is 2. The molecular formula is C20H28N2O5S. The SMILES string of the molecule is CC(OC(=O)c1cccc(S(=O)(=O)N2CCCC2)c1)C(=O)NC1CCCCC1. The van der Waals surface area contributed by atoms with E-state index in [4.69, 9.17) is 4.74 Å². The van der Waals surface area contributed by atoms with Crippen molar-refractivity contribution in [3.8, 4) is 0 Å². The molecule has 1 saturated heterocycles. The molecule has 3 rings (SSSR count). The molecule has 1 amide bonds. The van der Waals surface area contributed by atoms with Gasteiger partial charge in [-0.1, -0.05) is 25.3 Å². The molecule has 28 heavy (non-hydrogen) atoms. The zero-order valence-corrected chi connectivity index (χ0v) is 17.0. The van der Waals surface area contributed by atoms with Crippen LogP contribution in [0.15, 0.2) is 29.2 Å². The van der Waals surface area contributed by atoms with E-state index in [1.165, 1.54) is 41.9 Å². The molecule has 1 saturated carbocycles. The van der Waals surface area contributed by atoms with Gasteiger partial charge in [0, 0.05) is 19.1 Å². The Morgan fingerprint density at radius 1 is 1.11 bits per heavy atom. The molecule has 1 unspecified atom stereocenters. The summed E-state index contributed by atoms with van der Waals surface area (Å²) in [5, 5.41) is 2.93. The number of ether oxygens (including phenoxy) is 1. The van der Waals surface area contributed by atoms with Crippen molar-refractivity contribution in [1.82, 2.24) is 9.62 Å². The van der Waals surface area contributed by atoms with E-state index in [2.05, 4.69) is 5.32 Å². The molecule has 2 fully saturated rings. The Hall–Kier alpha value is -1.93. The maximum Gasteiger partial charge on any atom is 0.338 e. The van der Waals surface area contributed by atoms with E-state index in [-0.39, 0.29) is 22.4 Å². The number of sulfonamides is 1. The molecule has 1 aromatic rings. The summed E-state index contributed by atoms with van der Waals surface area (Å²) in [4.78, 5) is 24.8. The average Bonchev–Trinajstić information content (AvgIpc) is 3.24. The number of esters is 1. The summed E-state index contributed by atoms with van der Waals surface area (Å²) < 4.78 is 32.0. The maximum absolute atomic E-state index is 12.7. The van der Waals surface area contributed by atoms with Gasteiger partial charge in [-0.3, -0.25) is 4.79 Å². The van der Waals surface area contributed by atoms with Crippen molar-refractivity contribution in [3.05, 3.63) is 29.8 Å². The Bertz CT molecular complexity index is 812. The molecule has 0 spiro atoms. The number of benzene rings is 1. The fourth-order valence-electron chi connectivity index (χ4n) is 3.71. The summed E-state index contributed by atoms with van der Waals surface area (Å²) >= 11 is 0. The molecule has 1 aliphatic heterocycles. The van der Waals surface area contributed by atoms with Crippen molar-refractivity contribution in [2.45, 2.75) is 68.9 Å². The molecule has 154 valence electrons. The lowest BCUT2D eigenvalue weighted by atomic mass is 9.95. The molecule has 2 aliphatic rings. The highest BCUT2D eigenvalue weighted by Crippen LogP contribution is 2.22. The van der Waals surface area contributed by atoms with Crippen LogP contribution in [0.3, 0.4) is 0 Å². The second kappa shape index (κ2) is 9.05. The van der Waals surface area contributed by atoms with Gasteiger partial charge in [0.25, 0.3) is 5.91 Å². The minimum Gasteiger partial charge on any atom is -0.449 e. The third-order valence-electron chi connectivity index (χ3n) is 5.38. The van der Waals surface area contributed by atoms with Crippen LogP contribution >= 0.6 is 0 Å². The first kappa shape index (κ1) is 20.8. The van der Waals surface area contributed by atoms with E-state index in [9.17, 15) is 18.0 Å². The van der Waals surface area contributed by atoms with E-state index in [0.717, 1.165) is 38.5 Å². The van der Waals surface area contributed by atoms with Crippen molar-refractivity contribution < 1.29 is 22.7 Å². The number of carbonyl (C=O) groups is 2.